The highest BCUT2D eigenvalue weighted by Crippen LogP contribution is 2.37. The van der Waals surface area contributed by atoms with Crippen molar-refractivity contribution in [3.8, 4) is 11.1 Å². The van der Waals surface area contributed by atoms with E-state index in [0.717, 1.165) is 59.3 Å². The second-order valence-electron chi connectivity index (χ2n) is 16.4. The van der Waals surface area contributed by atoms with E-state index in [4.69, 9.17) is 11.6 Å². The SMILES string of the molecule is O=C(NS(=O)(=O)c1ccc(NC(CCN2CCN(CC(O)CF)CC2)CSc2ccccc2)c(S(=O)[O-])c1)c1ccc(N2CCC(C(O)c3ccccc3-c3ccc(Cl)cc3)CC2)cc1. The lowest BCUT2D eigenvalue weighted by Crippen LogP contribution is -2.49. The van der Waals surface area contributed by atoms with Crippen LogP contribution in [0.25, 0.3) is 11.1 Å². The van der Waals surface area contributed by atoms with E-state index in [-0.39, 0.29) is 39.5 Å². The molecule has 0 radical (unpaired) electrons. The Morgan fingerprint density at radius 1 is 0.862 bits per heavy atom. The number of alkyl halides is 1. The van der Waals surface area contributed by atoms with Gasteiger partial charge in [0.2, 0.25) is 0 Å². The van der Waals surface area contributed by atoms with Crippen LogP contribution in [0.4, 0.5) is 15.8 Å². The summed E-state index contributed by atoms with van der Waals surface area (Å²) in [7, 11) is -4.48. The van der Waals surface area contributed by atoms with Gasteiger partial charge in [0.1, 0.15) is 6.67 Å². The number of amides is 1. The van der Waals surface area contributed by atoms with Gasteiger partial charge in [-0.2, -0.15) is 0 Å². The molecule has 17 heteroatoms. The van der Waals surface area contributed by atoms with E-state index in [1.54, 1.807) is 36.0 Å². The highest BCUT2D eigenvalue weighted by Gasteiger charge is 2.29. The van der Waals surface area contributed by atoms with E-state index in [2.05, 4.69) is 19.8 Å². The number of hydrogen-bond acceptors (Lipinski definition) is 12. The fourth-order valence-electron chi connectivity index (χ4n) is 8.38. The van der Waals surface area contributed by atoms with Crippen molar-refractivity contribution < 1.29 is 36.6 Å². The summed E-state index contributed by atoms with van der Waals surface area (Å²) >= 11 is 4.91. The number of aliphatic hydroxyl groups is 2. The number of nitrogens with zero attached hydrogens (tertiary/aromatic N) is 3. The maximum Gasteiger partial charge on any atom is 0.264 e. The maximum absolute atomic E-state index is 13.5. The van der Waals surface area contributed by atoms with Gasteiger partial charge in [0.25, 0.3) is 15.9 Å². The van der Waals surface area contributed by atoms with Gasteiger partial charge in [-0.1, -0.05) is 66.2 Å². The van der Waals surface area contributed by atoms with Crippen LogP contribution in [0.3, 0.4) is 0 Å². The average Bonchev–Trinajstić information content (AvgIpc) is 3.33. The molecule has 2 heterocycles. The van der Waals surface area contributed by atoms with Crippen molar-refractivity contribution in [2.24, 2.45) is 5.92 Å². The van der Waals surface area contributed by atoms with Crippen LogP contribution in [0.15, 0.2) is 136 Å². The highest BCUT2D eigenvalue weighted by molar-refractivity contribution is 7.99. The van der Waals surface area contributed by atoms with Crippen LogP contribution in [0.5, 0.6) is 0 Å². The molecule has 4 atom stereocenters. The lowest BCUT2D eigenvalue weighted by molar-refractivity contribution is 0.0593. The molecule has 4 N–H and O–H groups in total. The fourth-order valence-corrected chi connectivity index (χ4v) is 11.1. The second kappa shape index (κ2) is 22.9. The molecule has 2 aliphatic heterocycles. The normalized spacial score (nSPS) is 17.3. The first kappa shape index (κ1) is 48.6. The number of carbonyl (C=O) groups is 1. The van der Waals surface area contributed by atoms with Crippen molar-refractivity contribution in [2.45, 2.75) is 52.2 Å². The van der Waals surface area contributed by atoms with Crippen LogP contribution in [-0.4, -0.2) is 120 Å². The summed E-state index contributed by atoms with van der Waals surface area (Å²) in [5, 5.41) is 25.2. The molecule has 0 bridgehead atoms. The van der Waals surface area contributed by atoms with E-state index in [9.17, 15) is 36.6 Å². The van der Waals surface area contributed by atoms with Gasteiger partial charge >= 0.3 is 0 Å². The Kier molecular flexibility index (Phi) is 17.1. The number of thioether (sulfide) groups is 1. The fraction of sp³-hybridized carbons (Fsp3) is 0.354. The van der Waals surface area contributed by atoms with Gasteiger partial charge in [0.05, 0.1) is 17.1 Å². The smallest absolute Gasteiger partial charge is 0.264 e. The van der Waals surface area contributed by atoms with E-state index in [1.807, 2.05) is 83.8 Å². The molecular weight excluding hydrogens is 909 g/mol. The van der Waals surface area contributed by atoms with Crippen molar-refractivity contribution in [3.05, 3.63) is 137 Å². The topological polar surface area (TPSA) is 166 Å². The Bertz CT molecular complexity index is 2480. The molecule has 0 saturated carbocycles. The average molecular weight is 964 g/mol. The van der Waals surface area contributed by atoms with Crippen LogP contribution in [-0.2, 0) is 21.1 Å². The summed E-state index contributed by atoms with van der Waals surface area (Å²) in [6, 6.07) is 35.4. The van der Waals surface area contributed by atoms with Gasteiger partial charge in [0, 0.05) is 95.9 Å². The van der Waals surface area contributed by atoms with Crippen molar-refractivity contribution in [3.63, 3.8) is 0 Å². The number of halogens is 2. The van der Waals surface area contributed by atoms with Gasteiger partial charge in [-0.25, -0.2) is 17.5 Å². The highest BCUT2D eigenvalue weighted by atomic mass is 35.5. The number of hydrogen-bond donors (Lipinski definition) is 4. The molecule has 2 fully saturated rings. The summed E-state index contributed by atoms with van der Waals surface area (Å²) in [4.78, 5) is 20.2. The molecule has 65 heavy (non-hydrogen) atoms. The third-order valence-corrected chi connectivity index (χ3v) is 15.5. The van der Waals surface area contributed by atoms with Crippen LogP contribution in [0, 0.1) is 5.92 Å². The van der Waals surface area contributed by atoms with Gasteiger partial charge in [0.15, 0.2) is 0 Å². The molecule has 7 rings (SSSR count). The van der Waals surface area contributed by atoms with Crippen molar-refractivity contribution >= 4 is 61.7 Å². The number of benzene rings is 5. The molecule has 1 amide bonds. The van der Waals surface area contributed by atoms with E-state index >= 15 is 0 Å². The number of sulfonamides is 1. The molecule has 0 aliphatic carbocycles. The van der Waals surface area contributed by atoms with Crippen molar-refractivity contribution in [2.75, 3.05) is 75.0 Å². The molecule has 4 unspecified atom stereocenters. The van der Waals surface area contributed by atoms with Gasteiger partial charge in [-0.05, 0) is 120 Å². The van der Waals surface area contributed by atoms with E-state index < -0.39 is 45.9 Å². The summed E-state index contributed by atoms with van der Waals surface area (Å²) in [5.41, 5.74) is 4.04. The molecule has 0 aromatic heterocycles. The molecule has 346 valence electrons. The lowest BCUT2D eigenvalue weighted by Gasteiger charge is -2.36. The summed E-state index contributed by atoms with van der Waals surface area (Å²) in [5.74, 6) is -0.230. The third kappa shape index (κ3) is 13.2. The Hall–Kier alpha value is -4.36. The quantitative estimate of drug-likeness (QED) is 0.0486. The van der Waals surface area contributed by atoms with Crippen LogP contribution in [0.1, 0.15) is 41.3 Å². The predicted octanol–water partition coefficient (Wildman–Crippen LogP) is 7.22. The number of rotatable bonds is 19. The molecule has 5 aromatic rings. The zero-order chi connectivity index (χ0) is 45.9. The molecular formula is C48H54ClFN5O7S3-. The number of anilines is 2. The molecule has 12 nitrogen and oxygen atoms in total. The number of aliphatic hydroxyl groups excluding tert-OH is 2. The minimum atomic E-state index is -4.48. The summed E-state index contributed by atoms with van der Waals surface area (Å²) < 4.78 is 67.2. The first-order valence-corrected chi connectivity index (χ1v) is 25.6. The minimum absolute atomic E-state index is 0.0370. The molecule has 5 aromatic carbocycles. The number of β-amino-alcohol motifs (C(OH)–C–C–N with tert-alkyl or cyclic N) is 1. The minimum Gasteiger partial charge on any atom is -0.768 e. The van der Waals surface area contributed by atoms with Gasteiger partial charge in [-0.15, -0.1) is 11.8 Å². The Labute approximate surface area is 392 Å². The van der Waals surface area contributed by atoms with Gasteiger partial charge < -0.3 is 29.9 Å². The molecule has 2 saturated heterocycles. The number of carbonyl (C=O) groups excluding carboxylic acids is 1. The Morgan fingerprint density at radius 3 is 2.20 bits per heavy atom. The number of nitrogens with one attached hydrogen (secondary N) is 2. The zero-order valence-corrected chi connectivity index (χ0v) is 39.0. The number of piperidine rings is 1. The Morgan fingerprint density at radius 2 is 1.52 bits per heavy atom. The third-order valence-electron chi connectivity index (χ3n) is 12.0. The monoisotopic (exact) mass is 962 g/mol. The standard InChI is InChI=1S/C48H55ClFN5O7S3/c49-37-14-10-34(11-15-37)43-8-4-5-9-44(43)47(57)35-20-24-55(25-21-35)39-16-12-36(13-17-39)48(58)52-65(61,62)42-18-19-45(46(30-42)64(59)60)51-38(33-63-41-6-2-1-3-7-41)22-23-53-26-28-54(29-27-53)32-40(56)31-50/h1-19,30,35,38,40,47,51,56-57H,20-29,31-33H2,(H,52,58)(H,59,60)/p-1. The predicted molar refractivity (Wildman–Crippen MR) is 256 cm³/mol. The summed E-state index contributed by atoms with van der Waals surface area (Å²) in [6.45, 7) is 4.44. The largest absolute Gasteiger partial charge is 0.768 e. The molecule has 2 aliphatic rings. The van der Waals surface area contributed by atoms with E-state index in [1.165, 1.54) is 12.1 Å². The number of piperazine rings is 1. The van der Waals surface area contributed by atoms with Crippen molar-refractivity contribution in [1.29, 1.82) is 0 Å². The van der Waals surface area contributed by atoms with Crippen LogP contribution >= 0.6 is 23.4 Å². The first-order valence-electron chi connectivity index (χ1n) is 21.7. The van der Waals surface area contributed by atoms with Gasteiger partial charge in [-0.3, -0.25) is 13.9 Å². The first-order chi connectivity index (χ1) is 31.4. The summed E-state index contributed by atoms with van der Waals surface area (Å²) in [6.07, 6.45) is 0.473. The zero-order valence-electron chi connectivity index (χ0n) is 35.8. The van der Waals surface area contributed by atoms with Crippen molar-refractivity contribution in [1.82, 2.24) is 14.5 Å². The second-order valence-corrected chi connectivity index (χ2v) is 20.6. The van der Waals surface area contributed by atoms with E-state index in [0.29, 0.717) is 49.9 Å². The lowest BCUT2D eigenvalue weighted by atomic mass is 9.84. The van der Waals surface area contributed by atoms with Crippen LogP contribution in [0.2, 0.25) is 5.02 Å². The van der Waals surface area contributed by atoms with Crippen LogP contribution < -0.4 is 14.9 Å². The Balaban J connectivity index is 0.957. The maximum atomic E-state index is 13.5. The molecule has 0 spiro atoms.